The van der Waals surface area contributed by atoms with E-state index in [9.17, 15) is 13.2 Å². The predicted molar refractivity (Wildman–Crippen MR) is 92.2 cm³/mol. The van der Waals surface area contributed by atoms with E-state index in [1.807, 2.05) is 4.90 Å². The molecular weight excluding hydrogens is 328 g/mol. The Morgan fingerprint density at radius 2 is 1.75 bits per heavy atom. The van der Waals surface area contributed by atoms with Gasteiger partial charge in [0.25, 0.3) is 0 Å². The Labute approximate surface area is 144 Å². The van der Waals surface area contributed by atoms with E-state index in [-0.39, 0.29) is 17.3 Å². The fraction of sp³-hybridized carbons (Fsp3) is 0.750. The molecule has 0 saturated carbocycles. The summed E-state index contributed by atoms with van der Waals surface area (Å²) in [6, 6.07) is 0. The monoisotopic (exact) mass is 356 g/mol. The van der Waals surface area contributed by atoms with E-state index in [2.05, 4.69) is 5.10 Å². The van der Waals surface area contributed by atoms with E-state index >= 15 is 0 Å². The topological polar surface area (TPSA) is 75.5 Å². The lowest BCUT2D eigenvalue weighted by Crippen LogP contribution is -2.35. The molecule has 0 spiro atoms. The highest BCUT2D eigenvalue weighted by Crippen LogP contribution is 2.23. The normalized spacial score (nSPS) is 16.5. The smallest absolute Gasteiger partial charge is 0.246 e. The molecule has 7 nitrogen and oxygen atoms in total. The van der Waals surface area contributed by atoms with Crippen molar-refractivity contribution in [3.8, 4) is 0 Å². The molecule has 0 aliphatic carbocycles. The minimum absolute atomic E-state index is 0.00953. The molecule has 8 heteroatoms. The SMILES string of the molecule is CCN(C)S(=O)(=O)c1c(C)nn(CC(=O)N2CCCCCC2)c1C. The van der Waals surface area contributed by atoms with Crippen LogP contribution in [0.2, 0.25) is 0 Å². The van der Waals surface area contributed by atoms with Gasteiger partial charge in [0, 0.05) is 26.7 Å². The molecule has 1 aromatic heterocycles. The maximum absolute atomic E-state index is 12.6. The molecule has 24 heavy (non-hydrogen) atoms. The largest absolute Gasteiger partial charge is 0.341 e. The summed E-state index contributed by atoms with van der Waals surface area (Å²) < 4.78 is 28.1. The van der Waals surface area contributed by atoms with Gasteiger partial charge in [-0.2, -0.15) is 5.10 Å². The molecule has 1 fully saturated rings. The van der Waals surface area contributed by atoms with E-state index < -0.39 is 10.0 Å². The summed E-state index contributed by atoms with van der Waals surface area (Å²) in [6.45, 7) is 7.22. The van der Waals surface area contributed by atoms with Crippen LogP contribution in [0.25, 0.3) is 0 Å². The summed E-state index contributed by atoms with van der Waals surface area (Å²) in [5, 5.41) is 4.31. The van der Waals surface area contributed by atoms with Crippen LogP contribution in [0.4, 0.5) is 0 Å². The van der Waals surface area contributed by atoms with Gasteiger partial charge in [-0.3, -0.25) is 9.48 Å². The Bertz CT molecular complexity index is 688. The molecule has 0 N–H and O–H groups in total. The zero-order chi connectivity index (χ0) is 17.9. The van der Waals surface area contributed by atoms with Crippen LogP contribution in [-0.4, -0.2) is 60.0 Å². The molecule has 1 aromatic rings. The van der Waals surface area contributed by atoms with Crippen molar-refractivity contribution in [1.29, 1.82) is 0 Å². The number of aryl methyl sites for hydroxylation is 1. The van der Waals surface area contributed by atoms with Crippen molar-refractivity contribution in [3.63, 3.8) is 0 Å². The van der Waals surface area contributed by atoms with Gasteiger partial charge in [0.1, 0.15) is 11.4 Å². The number of carbonyl (C=O) groups is 1. The molecule has 0 unspecified atom stereocenters. The number of carbonyl (C=O) groups excluding carboxylic acids is 1. The Kier molecular flexibility index (Phi) is 6.03. The van der Waals surface area contributed by atoms with Gasteiger partial charge in [-0.05, 0) is 26.7 Å². The summed E-state index contributed by atoms with van der Waals surface area (Å²) in [5.41, 5.74) is 0.965. The van der Waals surface area contributed by atoms with Gasteiger partial charge in [-0.1, -0.05) is 19.8 Å². The van der Waals surface area contributed by atoms with Crippen molar-refractivity contribution in [2.75, 3.05) is 26.7 Å². The molecule has 1 amide bonds. The van der Waals surface area contributed by atoms with Crippen molar-refractivity contribution in [1.82, 2.24) is 19.0 Å². The van der Waals surface area contributed by atoms with Gasteiger partial charge >= 0.3 is 0 Å². The first-order valence-corrected chi connectivity index (χ1v) is 10.0. The Morgan fingerprint density at radius 3 is 2.29 bits per heavy atom. The van der Waals surface area contributed by atoms with Gasteiger partial charge in [0.2, 0.25) is 15.9 Å². The third kappa shape index (κ3) is 3.80. The number of hydrogen-bond acceptors (Lipinski definition) is 4. The molecule has 0 radical (unpaired) electrons. The summed E-state index contributed by atoms with van der Waals surface area (Å²) in [6.07, 6.45) is 4.39. The Hall–Kier alpha value is -1.41. The van der Waals surface area contributed by atoms with Crippen molar-refractivity contribution >= 4 is 15.9 Å². The number of nitrogens with zero attached hydrogens (tertiary/aromatic N) is 4. The molecule has 1 saturated heterocycles. The average molecular weight is 356 g/mol. The molecule has 1 aliphatic heterocycles. The fourth-order valence-corrected chi connectivity index (χ4v) is 4.63. The first kappa shape index (κ1) is 18.9. The number of hydrogen-bond donors (Lipinski definition) is 0. The molecule has 0 aromatic carbocycles. The van der Waals surface area contributed by atoms with Crippen LogP contribution in [0.15, 0.2) is 4.90 Å². The summed E-state index contributed by atoms with van der Waals surface area (Å²) in [5.74, 6) is 0.00953. The quantitative estimate of drug-likeness (QED) is 0.802. The van der Waals surface area contributed by atoms with E-state index in [1.165, 1.54) is 8.99 Å². The summed E-state index contributed by atoms with van der Waals surface area (Å²) >= 11 is 0. The maximum Gasteiger partial charge on any atom is 0.246 e. The molecule has 136 valence electrons. The summed E-state index contributed by atoms with van der Waals surface area (Å²) in [7, 11) is -2.02. The first-order valence-electron chi connectivity index (χ1n) is 8.57. The lowest BCUT2D eigenvalue weighted by atomic mass is 10.2. The van der Waals surface area contributed by atoms with E-state index in [0.29, 0.717) is 17.9 Å². The van der Waals surface area contributed by atoms with Gasteiger partial charge in [-0.25, -0.2) is 12.7 Å². The van der Waals surface area contributed by atoms with Crippen LogP contribution in [0.1, 0.15) is 44.0 Å². The van der Waals surface area contributed by atoms with Crippen LogP contribution in [0.5, 0.6) is 0 Å². The third-order valence-electron chi connectivity index (χ3n) is 4.67. The van der Waals surface area contributed by atoms with E-state index in [4.69, 9.17) is 0 Å². The molecular formula is C16H28N4O3S. The number of amides is 1. The van der Waals surface area contributed by atoms with E-state index in [0.717, 1.165) is 38.8 Å². The second-order valence-electron chi connectivity index (χ2n) is 6.37. The third-order valence-corrected chi connectivity index (χ3v) is 6.86. The van der Waals surface area contributed by atoms with Crippen molar-refractivity contribution < 1.29 is 13.2 Å². The van der Waals surface area contributed by atoms with Crippen LogP contribution < -0.4 is 0 Å². The predicted octanol–water partition coefficient (Wildman–Crippen LogP) is 1.54. The van der Waals surface area contributed by atoms with Crippen LogP contribution >= 0.6 is 0 Å². The van der Waals surface area contributed by atoms with Crippen molar-refractivity contribution in [2.24, 2.45) is 0 Å². The first-order chi connectivity index (χ1) is 11.3. The van der Waals surface area contributed by atoms with Gasteiger partial charge < -0.3 is 4.90 Å². The second kappa shape index (κ2) is 7.65. The number of sulfonamides is 1. The molecule has 0 atom stereocenters. The highest BCUT2D eigenvalue weighted by atomic mass is 32.2. The van der Waals surface area contributed by atoms with Crippen LogP contribution in [-0.2, 0) is 21.4 Å². The second-order valence-corrected chi connectivity index (χ2v) is 8.35. The molecule has 1 aliphatic rings. The van der Waals surface area contributed by atoms with Gasteiger partial charge in [0.15, 0.2) is 0 Å². The lowest BCUT2D eigenvalue weighted by Gasteiger charge is -2.20. The summed E-state index contributed by atoms with van der Waals surface area (Å²) in [4.78, 5) is 14.6. The molecule has 2 rings (SSSR count). The van der Waals surface area contributed by atoms with E-state index in [1.54, 1.807) is 27.8 Å². The maximum atomic E-state index is 12.6. The number of rotatable bonds is 5. The number of likely N-dealkylation sites (tertiary alicyclic amines) is 1. The van der Waals surface area contributed by atoms with Crippen LogP contribution in [0.3, 0.4) is 0 Å². The zero-order valence-corrected chi connectivity index (χ0v) is 15.9. The molecule has 0 bridgehead atoms. The minimum Gasteiger partial charge on any atom is -0.341 e. The van der Waals surface area contributed by atoms with Crippen molar-refractivity contribution in [3.05, 3.63) is 11.4 Å². The Balaban J connectivity index is 2.24. The highest BCUT2D eigenvalue weighted by molar-refractivity contribution is 7.89. The standard InChI is InChI=1S/C16H28N4O3S/c1-5-18(4)24(22,23)16-13(2)17-20(14(16)3)12-15(21)19-10-8-6-7-9-11-19/h5-12H2,1-4H3. The average Bonchev–Trinajstić information content (AvgIpc) is 2.74. The Morgan fingerprint density at radius 1 is 1.17 bits per heavy atom. The fourth-order valence-electron chi connectivity index (χ4n) is 3.08. The van der Waals surface area contributed by atoms with Gasteiger partial charge in [0.05, 0.1) is 11.4 Å². The zero-order valence-electron chi connectivity index (χ0n) is 15.1. The minimum atomic E-state index is -3.57. The highest BCUT2D eigenvalue weighted by Gasteiger charge is 2.28. The lowest BCUT2D eigenvalue weighted by molar-refractivity contribution is -0.132. The van der Waals surface area contributed by atoms with Gasteiger partial charge in [-0.15, -0.1) is 0 Å². The van der Waals surface area contributed by atoms with Crippen LogP contribution in [0, 0.1) is 13.8 Å². The molecule has 2 heterocycles. The van der Waals surface area contributed by atoms with Crippen molar-refractivity contribution in [2.45, 2.75) is 57.9 Å². The number of aromatic nitrogens is 2.